The van der Waals surface area contributed by atoms with Gasteiger partial charge in [-0.3, -0.25) is 10.1 Å². The average Bonchev–Trinajstić information content (AvgIpc) is 2.77. The van der Waals surface area contributed by atoms with Gasteiger partial charge in [0.1, 0.15) is 0 Å². The Labute approximate surface area is 108 Å². The van der Waals surface area contributed by atoms with E-state index >= 15 is 0 Å². The molecule has 0 unspecified atom stereocenters. The van der Waals surface area contributed by atoms with Crippen molar-refractivity contribution in [3.63, 3.8) is 0 Å². The van der Waals surface area contributed by atoms with Gasteiger partial charge in [0, 0.05) is 11.9 Å². The van der Waals surface area contributed by atoms with Crippen LogP contribution in [0.3, 0.4) is 0 Å². The molecule has 2 heterocycles. The van der Waals surface area contributed by atoms with Gasteiger partial charge in [-0.25, -0.2) is 0 Å². The number of H-pyrrole nitrogens is 1. The van der Waals surface area contributed by atoms with Gasteiger partial charge in [-0.05, 0) is 25.0 Å². The summed E-state index contributed by atoms with van der Waals surface area (Å²) in [5.41, 5.74) is 8.88. The van der Waals surface area contributed by atoms with Crippen molar-refractivity contribution in [3.05, 3.63) is 30.1 Å². The molecular formula is C14H20N4. The first kappa shape index (κ1) is 12.6. The number of nitrogens with two attached hydrogens (primary N) is 1. The van der Waals surface area contributed by atoms with E-state index < -0.39 is 0 Å². The Balaban J connectivity index is 2.12. The SMILES string of the molecule is CCCCCCc1[nH]nc(N)c1-c1ccccn1. The monoisotopic (exact) mass is 244 g/mol. The number of hydrogen-bond acceptors (Lipinski definition) is 3. The molecule has 2 aromatic heterocycles. The van der Waals surface area contributed by atoms with Gasteiger partial charge in [-0.15, -0.1) is 0 Å². The second-order valence-corrected chi connectivity index (χ2v) is 4.49. The molecule has 0 spiro atoms. The van der Waals surface area contributed by atoms with Crippen LogP contribution in [0.1, 0.15) is 38.3 Å². The number of unbranched alkanes of at least 4 members (excludes halogenated alkanes) is 3. The van der Waals surface area contributed by atoms with Gasteiger partial charge in [0.05, 0.1) is 11.3 Å². The third-order valence-electron chi connectivity index (χ3n) is 3.07. The Morgan fingerprint density at radius 3 is 2.83 bits per heavy atom. The number of nitrogen functional groups attached to an aromatic ring is 1. The summed E-state index contributed by atoms with van der Waals surface area (Å²) in [7, 11) is 0. The van der Waals surface area contributed by atoms with Crippen molar-refractivity contribution in [3.8, 4) is 11.3 Å². The standard InChI is InChI=1S/C14H20N4/c1-2-3-4-5-9-12-13(14(15)18-17-12)11-8-6-7-10-16-11/h6-8,10H,2-5,9H2,1H3,(H3,15,17,18). The average molecular weight is 244 g/mol. The highest BCUT2D eigenvalue weighted by molar-refractivity contribution is 5.73. The van der Waals surface area contributed by atoms with E-state index in [9.17, 15) is 0 Å². The van der Waals surface area contributed by atoms with Crippen LogP contribution in [0.5, 0.6) is 0 Å². The summed E-state index contributed by atoms with van der Waals surface area (Å²) in [6.07, 6.45) is 7.70. The maximum atomic E-state index is 5.92. The summed E-state index contributed by atoms with van der Waals surface area (Å²) < 4.78 is 0. The van der Waals surface area contributed by atoms with E-state index in [-0.39, 0.29) is 0 Å². The van der Waals surface area contributed by atoms with Gasteiger partial charge < -0.3 is 5.73 Å². The number of anilines is 1. The van der Waals surface area contributed by atoms with Crippen LogP contribution in [-0.2, 0) is 6.42 Å². The van der Waals surface area contributed by atoms with Crippen LogP contribution < -0.4 is 5.73 Å². The minimum atomic E-state index is 0.541. The summed E-state index contributed by atoms with van der Waals surface area (Å²) in [4.78, 5) is 4.35. The van der Waals surface area contributed by atoms with E-state index in [0.717, 1.165) is 29.8 Å². The van der Waals surface area contributed by atoms with Gasteiger partial charge in [0.15, 0.2) is 5.82 Å². The zero-order chi connectivity index (χ0) is 12.8. The molecule has 0 atom stereocenters. The predicted molar refractivity (Wildman–Crippen MR) is 74.1 cm³/mol. The van der Waals surface area contributed by atoms with Gasteiger partial charge in [0.25, 0.3) is 0 Å². The van der Waals surface area contributed by atoms with Crippen LogP contribution in [0.4, 0.5) is 5.82 Å². The van der Waals surface area contributed by atoms with Gasteiger partial charge in [-0.2, -0.15) is 5.10 Å². The molecule has 0 aliphatic heterocycles. The van der Waals surface area contributed by atoms with Crippen molar-refractivity contribution in [2.75, 3.05) is 5.73 Å². The van der Waals surface area contributed by atoms with Crippen molar-refractivity contribution in [1.82, 2.24) is 15.2 Å². The van der Waals surface area contributed by atoms with Crippen LogP contribution in [0.15, 0.2) is 24.4 Å². The van der Waals surface area contributed by atoms with Crippen molar-refractivity contribution < 1.29 is 0 Å². The lowest BCUT2D eigenvalue weighted by molar-refractivity contribution is 0.660. The first-order chi connectivity index (χ1) is 8.83. The molecule has 0 saturated heterocycles. The number of hydrogen-bond donors (Lipinski definition) is 2. The number of aromatic nitrogens is 3. The smallest absolute Gasteiger partial charge is 0.154 e. The molecule has 3 N–H and O–H groups in total. The Bertz CT molecular complexity index is 476. The molecule has 4 nitrogen and oxygen atoms in total. The lowest BCUT2D eigenvalue weighted by Crippen LogP contribution is -1.93. The van der Waals surface area contributed by atoms with Crippen LogP contribution in [0.25, 0.3) is 11.3 Å². The molecule has 0 aliphatic rings. The number of pyridine rings is 1. The Kier molecular flexibility index (Phi) is 4.34. The highest BCUT2D eigenvalue weighted by Crippen LogP contribution is 2.27. The number of aromatic amines is 1. The third-order valence-corrected chi connectivity index (χ3v) is 3.07. The highest BCUT2D eigenvalue weighted by Gasteiger charge is 2.13. The van der Waals surface area contributed by atoms with Crippen molar-refractivity contribution in [2.24, 2.45) is 0 Å². The van der Waals surface area contributed by atoms with E-state index in [0.29, 0.717) is 5.82 Å². The highest BCUT2D eigenvalue weighted by atomic mass is 15.2. The first-order valence-electron chi connectivity index (χ1n) is 6.57. The molecule has 0 amide bonds. The predicted octanol–water partition coefficient (Wildman–Crippen LogP) is 3.18. The summed E-state index contributed by atoms with van der Waals surface area (Å²) >= 11 is 0. The van der Waals surface area contributed by atoms with E-state index in [4.69, 9.17) is 5.73 Å². The molecule has 0 fully saturated rings. The second-order valence-electron chi connectivity index (χ2n) is 4.49. The van der Waals surface area contributed by atoms with Gasteiger partial charge in [-0.1, -0.05) is 32.3 Å². The third kappa shape index (κ3) is 2.88. The zero-order valence-corrected chi connectivity index (χ0v) is 10.8. The Morgan fingerprint density at radius 1 is 1.22 bits per heavy atom. The number of nitrogens with one attached hydrogen (secondary N) is 1. The normalized spacial score (nSPS) is 10.7. The quantitative estimate of drug-likeness (QED) is 0.767. The molecule has 0 radical (unpaired) electrons. The molecular weight excluding hydrogens is 224 g/mol. The van der Waals surface area contributed by atoms with Gasteiger partial charge >= 0.3 is 0 Å². The zero-order valence-electron chi connectivity index (χ0n) is 10.8. The molecule has 2 rings (SSSR count). The fourth-order valence-corrected chi connectivity index (χ4v) is 2.10. The van der Waals surface area contributed by atoms with E-state index in [1.807, 2.05) is 18.2 Å². The maximum Gasteiger partial charge on any atom is 0.154 e. The lowest BCUT2D eigenvalue weighted by atomic mass is 10.1. The maximum absolute atomic E-state index is 5.92. The largest absolute Gasteiger partial charge is 0.382 e. The van der Waals surface area contributed by atoms with Gasteiger partial charge in [0.2, 0.25) is 0 Å². The molecule has 0 aromatic carbocycles. The molecule has 0 aliphatic carbocycles. The molecule has 4 heteroatoms. The number of rotatable bonds is 6. The minimum absolute atomic E-state index is 0.541. The second kappa shape index (κ2) is 6.19. The van der Waals surface area contributed by atoms with Crippen LogP contribution in [-0.4, -0.2) is 15.2 Å². The van der Waals surface area contributed by atoms with Crippen LogP contribution in [0, 0.1) is 0 Å². The molecule has 2 aromatic rings. The summed E-state index contributed by atoms with van der Waals surface area (Å²) in [6, 6.07) is 5.84. The number of nitrogens with zero attached hydrogens (tertiary/aromatic N) is 2. The topological polar surface area (TPSA) is 67.6 Å². The van der Waals surface area contributed by atoms with Crippen molar-refractivity contribution in [2.45, 2.75) is 39.0 Å². The summed E-state index contributed by atoms with van der Waals surface area (Å²) in [5.74, 6) is 0.541. The fourth-order valence-electron chi connectivity index (χ4n) is 2.10. The van der Waals surface area contributed by atoms with Crippen LogP contribution in [0.2, 0.25) is 0 Å². The summed E-state index contributed by atoms with van der Waals surface area (Å²) in [5, 5.41) is 7.14. The van der Waals surface area contributed by atoms with E-state index in [1.54, 1.807) is 6.20 Å². The lowest BCUT2D eigenvalue weighted by Gasteiger charge is -2.03. The van der Waals surface area contributed by atoms with Crippen LogP contribution >= 0.6 is 0 Å². The molecule has 0 bridgehead atoms. The molecule has 18 heavy (non-hydrogen) atoms. The fraction of sp³-hybridized carbons (Fsp3) is 0.429. The number of aryl methyl sites for hydroxylation is 1. The van der Waals surface area contributed by atoms with E-state index in [1.165, 1.54) is 19.3 Å². The minimum Gasteiger partial charge on any atom is -0.382 e. The first-order valence-corrected chi connectivity index (χ1v) is 6.57. The summed E-state index contributed by atoms with van der Waals surface area (Å²) in [6.45, 7) is 2.22. The Morgan fingerprint density at radius 2 is 2.11 bits per heavy atom. The van der Waals surface area contributed by atoms with Crippen molar-refractivity contribution in [1.29, 1.82) is 0 Å². The molecule has 96 valence electrons. The van der Waals surface area contributed by atoms with E-state index in [2.05, 4.69) is 22.1 Å². The Hall–Kier alpha value is -1.84. The van der Waals surface area contributed by atoms with Crippen molar-refractivity contribution >= 4 is 5.82 Å². The molecule has 0 saturated carbocycles.